The Bertz CT molecular complexity index is 87.6. The molecule has 0 aromatic carbocycles. The summed E-state index contributed by atoms with van der Waals surface area (Å²) in [5, 5.41) is 0. The van der Waals surface area contributed by atoms with E-state index in [0.29, 0.717) is 5.92 Å². The molecule has 0 rings (SSSR count). The first-order valence-electron chi connectivity index (χ1n) is 3.55. The summed E-state index contributed by atoms with van der Waals surface area (Å²) in [4.78, 5) is 0. The van der Waals surface area contributed by atoms with E-state index in [2.05, 4.69) is 31.7 Å². The molecule has 0 radical (unpaired) electrons. The second-order valence-corrected chi connectivity index (χ2v) is 2.30. The van der Waals surface area contributed by atoms with E-state index in [9.17, 15) is 0 Å². The summed E-state index contributed by atoms with van der Waals surface area (Å²) in [5.74, 6) is 0.609. The van der Waals surface area contributed by atoms with Crippen LogP contribution in [0.15, 0.2) is 25.7 Å². The van der Waals surface area contributed by atoms with Gasteiger partial charge in [0.05, 0.1) is 26.2 Å². The lowest BCUT2D eigenvalue weighted by Crippen LogP contribution is -1.95. The molecule has 0 bridgehead atoms. The van der Waals surface area contributed by atoms with Crippen LogP contribution in [0.2, 0.25) is 0 Å². The zero-order valence-electron chi connectivity index (χ0n) is 7.67. The molecule has 0 spiro atoms. The second-order valence-electron chi connectivity index (χ2n) is 2.30. The normalized spacial score (nSPS) is 7.64. The van der Waals surface area contributed by atoms with Crippen molar-refractivity contribution in [3.05, 3.63) is 25.7 Å². The van der Waals surface area contributed by atoms with Crippen LogP contribution in [0.5, 0.6) is 0 Å². The molecule has 0 atom stereocenters. The van der Waals surface area contributed by atoms with E-state index in [1.54, 1.807) is 7.11 Å². The van der Waals surface area contributed by atoms with Crippen LogP contribution in [-0.4, -0.2) is 13.7 Å². The van der Waals surface area contributed by atoms with Crippen molar-refractivity contribution in [3.8, 4) is 0 Å². The molecule has 2 heteroatoms. The minimum Gasteiger partial charge on any atom is -0.505 e. The van der Waals surface area contributed by atoms with Crippen molar-refractivity contribution in [1.29, 1.82) is 0 Å². The first-order valence-corrected chi connectivity index (χ1v) is 3.55. The first kappa shape index (κ1) is 12.7. The fourth-order valence-electron chi connectivity index (χ4n) is 0.260. The maximum atomic E-state index is 4.86. The van der Waals surface area contributed by atoms with Gasteiger partial charge in [-0.3, -0.25) is 0 Å². The zero-order chi connectivity index (χ0) is 9.11. The molecule has 0 aromatic heterocycles. The Morgan fingerprint density at radius 3 is 1.82 bits per heavy atom. The van der Waals surface area contributed by atoms with Gasteiger partial charge < -0.3 is 9.47 Å². The molecule has 0 fully saturated rings. The monoisotopic (exact) mass is 158 g/mol. The Morgan fingerprint density at radius 2 is 1.73 bits per heavy atom. The van der Waals surface area contributed by atoms with Gasteiger partial charge in [-0.15, -0.1) is 0 Å². The highest BCUT2D eigenvalue weighted by Crippen LogP contribution is 1.90. The van der Waals surface area contributed by atoms with Crippen LogP contribution in [0, 0.1) is 5.92 Å². The maximum Gasteiger partial charge on any atom is 0.0895 e. The van der Waals surface area contributed by atoms with Gasteiger partial charge in [0.15, 0.2) is 0 Å². The van der Waals surface area contributed by atoms with Gasteiger partial charge in [-0.1, -0.05) is 27.0 Å². The lowest BCUT2D eigenvalue weighted by molar-refractivity contribution is 0.212. The fourth-order valence-corrected chi connectivity index (χ4v) is 0.260. The summed E-state index contributed by atoms with van der Waals surface area (Å²) in [6.07, 6.45) is 2.85. The highest BCUT2D eigenvalue weighted by atomic mass is 16.5. The molecular weight excluding hydrogens is 140 g/mol. The number of hydrogen-bond donors (Lipinski definition) is 0. The van der Waals surface area contributed by atoms with E-state index < -0.39 is 0 Å². The molecule has 0 amide bonds. The van der Waals surface area contributed by atoms with E-state index in [4.69, 9.17) is 4.74 Å². The van der Waals surface area contributed by atoms with Crippen LogP contribution in [0.3, 0.4) is 0 Å². The Morgan fingerprint density at radius 1 is 1.27 bits per heavy atom. The van der Waals surface area contributed by atoms with E-state index >= 15 is 0 Å². The molecule has 11 heavy (non-hydrogen) atoms. The highest BCUT2D eigenvalue weighted by Gasteiger charge is 1.87. The summed E-state index contributed by atoms with van der Waals surface area (Å²) in [6.45, 7) is 11.6. The van der Waals surface area contributed by atoms with Gasteiger partial charge in [0.2, 0.25) is 0 Å². The molecule has 0 saturated heterocycles. The predicted molar refractivity (Wildman–Crippen MR) is 48.2 cm³/mol. The topological polar surface area (TPSA) is 18.5 Å². The maximum absolute atomic E-state index is 4.86. The van der Waals surface area contributed by atoms with Crippen LogP contribution >= 0.6 is 0 Å². The third kappa shape index (κ3) is 27.3. The lowest BCUT2D eigenvalue weighted by Gasteiger charge is -2.00. The largest absolute Gasteiger partial charge is 0.505 e. The van der Waals surface area contributed by atoms with Crippen LogP contribution in [0.4, 0.5) is 0 Å². The van der Waals surface area contributed by atoms with Crippen molar-refractivity contribution < 1.29 is 9.47 Å². The van der Waals surface area contributed by atoms with Gasteiger partial charge in [-0.25, -0.2) is 0 Å². The van der Waals surface area contributed by atoms with Crippen molar-refractivity contribution in [2.75, 3.05) is 13.7 Å². The van der Waals surface area contributed by atoms with Crippen molar-refractivity contribution in [1.82, 2.24) is 0 Å². The molecule has 0 aromatic rings. The van der Waals surface area contributed by atoms with Crippen LogP contribution < -0.4 is 0 Å². The SMILES string of the molecule is C=COC.C=COCC(C)C. The van der Waals surface area contributed by atoms with Gasteiger partial charge in [0.25, 0.3) is 0 Å². The molecule has 0 heterocycles. The third-order valence-corrected chi connectivity index (χ3v) is 0.714. The molecule has 0 saturated carbocycles. The quantitative estimate of drug-likeness (QED) is 0.585. The predicted octanol–water partition coefficient (Wildman–Crippen LogP) is 2.58. The molecule has 2 nitrogen and oxygen atoms in total. The standard InChI is InChI=1S/C6H12O.C3H6O/c1-4-7-5-6(2)3;1-3-4-2/h4,6H,1,5H2,2-3H3;3H,1H2,2H3. The van der Waals surface area contributed by atoms with Crippen LogP contribution in [-0.2, 0) is 9.47 Å². The van der Waals surface area contributed by atoms with Gasteiger partial charge in [0, 0.05) is 0 Å². The van der Waals surface area contributed by atoms with Crippen LogP contribution in [0.1, 0.15) is 13.8 Å². The Labute approximate surface area is 69.5 Å². The zero-order valence-corrected chi connectivity index (χ0v) is 7.67. The summed E-state index contributed by atoms with van der Waals surface area (Å²) in [6, 6.07) is 0. The lowest BCUT2D eigenvalue weighted by atomic mass is 10.2. The number of ether oxygens (including phenoxy) is 2. The molecule has 0 N–H and O–H groups in total. The van der Waals surface area contributed by atoms with Gasteiger partial charge >= 0.3 is 0 Å². The minimum absolute atomic E-state index is 0.609. The molecule has 0 aliphatic heterocycles. The Kier molecular flexibility index (Phi) is 13.7. The van der Waals surface area contributed by atoms with Crippen molar-refractivity contribution in [2.24, 2.45) is 5.92 Å². The number of methoxy groups -OCH3 is 1. The highest BCUT2D eigenvalue weighted by molar-refractivity contribution is 4.50. The van der Waals surface area contributed by atoms with E-state index in [1.807, 2.05) is 0 Å². The second kappa shape index (κ2) is 11.8. The molecule has 66 valence electrons. The molecule has 0 aliphatic carbocycles. The van der Waals surface area contributed by atoms with E-state index in [0.717, 1.165) is 6.61 Å². The molecule has 0 unspecified atom stereocenters. The first-order chi connectivity index (χ1) is 5.18. The van der Waals surface area contributed by atoms with Crippen molar-refractivity contribution in [2.45, 2.75) is 13.8 Å². The summed E-state index contributed by atoms with van der Waals surface area (Å²) in [7, 11) is 1.56. The Hall–Kier alpha value is -0.920. The van der Waals surface area contributed by atoms with Gasteiger partial charge in [-0.2, -0.15) is 0 Å². The average molecular weight is 158 g/mol. The van der Waals surface area contributed by atoms with E-state index in [-0.39, 0.29) is 0 Å². The molecular formula is C9H18O2. The Balaban J connectivity index is 0. The summed E-state index contributed by atoms with van der Waals surface area (Å²) >= 11 is 0. The smallest absolute Gasteiger partial charge is 0.0895 e. The number of hydrogen-bond acceptors (Lipinski definition) is 2. The van der Waals surface area contributed by atoms with Crippen LogP contribution in [0.25, 0.3) is 0 Å². The van der Waals surface area contributed by atoms with E-state index in [1.165, 1.54) is 12.5 Å². The van der Waals surface area contributed by atoms with Crippen molar-refractivity contribution >= 4 is 0 Å². The van der Waals surface area contributed by atoms with Gasteiger partial charge in [0.1, 0.15) is 0 Å². The number of rotatable bonds is 4. The average Bonchev–Trinajstić information content (AvgIpc) is 2.01. The van der Waals surface area contributed by atoms with Crippen molar-refractivity contribution in [3.63, 3.8) is 0 Å². The molecule has 0 aliphatic rings. The van der Waals surface area contributed by atoms with Gasteiger partial charge in [-0.05, 0) is 5.92 Å². The fraction of sp³-hybridized carbons (Fsp3) is 0.556. The summed E-state index contributed by atoms with van der Waals surface area (Å²) < 4.78 is 9.16. The minimum atomic E-state index is 0.609. The summed E-state index contributed by atoms with van der Waals surface area (Å²) in [5.41, 5.74) is 0. The third-order valence-electron chi connectivity index (χ3n) is 0.714.